The molecule has 0 amide bonds. The molecule has 9 heteroatoms. The van der Waals surface area contributed by atoms with Gasteiger partial charge in [-0.05, 0) is 42.3 Å². The average molecular weight is 400 g/mol. The van der Waals surface area contributed by atoms with Gasteiger partial charge in [0.05, 0.1) is 13.0 Å². The maximum Gasteiger partial charge on any atom is 0.409 e. The Labute approximate surface area is 155 Å². The number of hydrogen-bond donors (Lipinski definition) is 2. The Kier molecular flexibility index (Phi) is 6.29. The van der Waals surface area contributed by atoms with E-state index in [0.29, 0.717) is 0 Å². The largest absolute Gasteiger partial charge is 0.480 e. The first-order chi connectivity index (χ1) is 12.1. The molecule has 2 unspecified atom stereocenters. The maximum atomic E-state index is 12.2. The Balaban J connectivity index is 2.23. The Morgan fingerprint density at radius 3 is 2.38 bits per heavy atom. The lowest BCUT2D eigenvalue weighted by Crippen LogP contribution is -2.31. The van der Waals surface area contributed by atoms with E-state index in [-0.39, 0.29) is 11.7 Å². The predicted octanol–water partition coefficient (Wildman–Crippen LogP) is 3.90. The number of esters is 1. The molecule has 2 aromatic carbocycles. The number of fused-ring (bicyclic) bond motifs is 1. The van der Waals surface area contributed by atoms with E-state index in [1.54, 1.807) is 37.3 Å². The van der Waals surface area contributed by atoms with Gasteiger partial charge in [-0.15, -0.1) is 0 Å². The highest BCUT2D eigenvalue weighted by Crippen LogP contribution is 2.49. The Morgan fingerprint density at radius 1 is 1.15 bits per heavy atom. The number of rotatable bonds is 7. The van der Waals surface area contributed by atoms with Crippen molar-refractivity contribution in [2.75, 3.05) is 7.11 Å². The molecular formula is C17H19ClNO6P. The zero-order valence-corrected chi connectivity index (χ0v) is 16.1. The first-order valence-electron chi connectivity index (χ1n) is 7.74. The monoisotopic (exact) mass is 399 g/mol. The van der Waals surface area contributed by atoms with Gasteiger partial charge in [0, 0.05) is 11.2 Å². The number of carboxylic acid groups (broad SMARTS) is 1. The topological polar surface area (TPSA) is 102 Å². The third kappa shape index (κ3) is 4.97. The van der Waals surface area contributed by atoms with Crippen molar-refractivity contribution in [3.63, 3.8) is 0 Å². The maximum absolute atomic E-state index is 12.2. The van der Waals surface area contributed by atoms with Crippen LogP contribution in [0, 0.1) is 0 Å². The Bertz CT molecular complexity index is 887. The van der Waals surface area contributed by atoms with Crippen LogP contribution in [0.25, 0.3) is 10.8 Å². The van der Waals surface area contributed by atoms with Crippen LogP contribution in [0.15, 0.2) is 36.4 Å². The summed E-state index contributed by atoms with van der Waals surface area (Å²) in [6.07, 6.45) is 0. The fourth-order valence-electron chi connectivity index (χ4n) is 2.33. The molecule has 0 fully saturated rings. The van der Waals surface area contributed by atoms with Gasteiger partial charge < -0.3 is 14.4 Å². The highest BCUT2D eigenvalue weighted by atomic mass is 35.7. The van der Waals surface area contributed by atoms with Gasteiger partial charge in [-0.3, -0.25) is 9.59 Å². The van der Waals surface area contributed by atoms with Gasteiger partial charge in [0.2, 0.25) is 0 Å². The van der Waals surface area contributed by atoms with E-state index in [9.17, 15) is 14.2 Å². The van der Waals surface area contributed by atoms with Gasteiger partial charge in [0.15, 0.2) is 0 Å². The summed E-state index contributed by atoms with van der Waals surface area (Å²) in [4.78, 5) is 22.5. The number of carbonyl (C=O) groups is 2. The Morgan fingerprint density at radius 2 is 1.77 bits per heavy atom. The number of hydrogen-bond acceptors (Lipinski definition) is 5. The zero-order valence-electron chi connectivity index (χ0n) is 14.4. The van der Waals surface area contributed by atoms with Crippen molar-refractivity contribution < 1.29 is 28.5 Å². The van der Waals surface area contributed by atoms with Crippen LogP contribution in [0.5, 0.6) is 5.75 Å². The lowest BCUT2D eigenvalue weighted by atomic mass is 9.98. The lowest BCUT2D eigenvalue weighted by molar-refractivity contribution is -0.142. The van der Waals surface area contributed by atoms with Crippen molar-refractivity contribution in [1.29, 1.82) is 0 Å². The number of aliphatic carboxylic acids is 1. The summed E-state index contributed by atoms with van der Waals surface area (Å²) < 4.78 is 22.2. The SMILES string of the molecule is COC(=O)[C@@H](C)c1ccc2cc(OP(=O)(Cl)NC(C)C(=O)O)ccc2c1. The highest BCUT2D eigenvalue weighted by molar-refractivity contribution is 7.84. The van der Waals surface area contributed by atoms with E-state index < -0.39 is 24.8 Å². The van der Waals surface area contributed by atoms with Crippen LogP contribution in [0.1, 0.15) is 25.3 Å². The van der Waals surface area contributed by atoms with Crippen LogP contribution >= 0.6 is 18.1 Å². The molecule has 0 aliphatic rings. The number of benzene rings is 2. The molecule has 0 saturated heterocycles. The lowest BCUT2D eigenvalue weighted by Gasteiger charge is -2.17. The van der Waals surface area contributed by atoms with Gasteiger partial charge in [-0.25, -0.2) is 9.65 Å². The number of carboxylic acids is 1. The minimum atomic E-state index is -3.86. The number of carbonyl (C=O) groups excluding carboxylic acids is 1. The van der Waals surface area contributed by atoms with Crippen LogP contribution in [0.2, 0.25) is 0 Å². The average Bonchev–Trinajstić information content (AvgIpc) is 2.58. The standard InChI is InChI=1S/C17H19ClNO6P/c1-10(17(22)24-3)12-4-5-14-9-15(7-6-13(14)8-12)25-26(18,23)19-11(2)16(20)21/h4-11H,1-3H3,(H,19,23)(H,20,21)/t10-,11?,26?/m0/s1. The summed E-state index contributed by atoms with van der Waals surface area (Å²) in [5.41, 5.74) is 0.804. The van der Waals surface area contributed by atoms with E-state index >= 15 is 0 Å². The number of nitrogens with one attached hydrogen (secondary N) is 1. The smallest absolute Gasteiger partial charge is 0.409 e. The second kappa shape index (κ2) is 8.08. The van der Waals surface area contributed by atoms with Gasteiger partial charge in [0.25, 0.3) is 0 Å². The highest BCUT2D eigenvalue weighted by Gasteiger charge is 2.27. The van der Waals surface area contributed by atoms with Crippen molar-refractivity contribution >= 4 is 40.8 Å². The van der Waals surface area contributed by atoms with Crippen molar-refractivity contribution in [3.8, 4) is 5.75 Å². The molecule has 7 nitrogen and oxygen atoms in total. The number of halogens is 1. The van der Waals surface area contributed by atoms with E-state index in [1.165, 1.54) is 14.0 Å². The molecule has 0 saturated carbocycles. The van der Waals surface area contributed by atoms with Crippen LogP contribution in [0.4, 0.5) is 0 Å². The van der Waals surface area contributed by atoms with E-state index in [1.807, 2.05) is 6.07 Å². The van der Waals surface area contributed by atoms with Crippen LogP contribution in [-0.2, 0) is 18.9 Å². The van der Waals surface area contributed by atoms with Gasteiger partial charge >= 0.3 is 18.8 Å². The number of ether oxygens (including phenoxy) is 1. The molecule has 0 radical (unpaired) electrons. The van der Waals surface area contributed by atoms with Gasteiger partial charge in [-0.2, -0.15) is 0 Å². The molecule has 0 heterocycles. The summed E-state index contributed by atoms with van der Waals surface area (Å²) in [7, 11) is 1.34. The molecule has 0 aliphatic carbocycles. The van der Waals surface area contributed by atoms with Crippen molar-refractivity contribution in [2.45, 2.75) is 25.8 Å². The summed E-state index contributed by atoms with van der Waals surface area (Å²) in [6.45, 7) is -0.801. The molecule has 0 bridgehead atoms. The minimum absolute atomic E-state index is 0.231. The normalized spacial score (nSPS) is 15.7. The third-order valence-corrected chi connectivity index (χ3v) is 5.47. The molecule has 0 aromatic heterocycles. The molecular weight excluding hydrogens is 381 g/mol. The molecule has 26 heavy (non-hydrogen) atoms. The fourth-order valence-corrected chi connectivity index (χ4v) is 4.02. The molecule has 3 atom stereocenters. The number of methoxy groups -OCH3 is 1. The van der Waals surface area contributed by atoms with Crippen LogP contribution < -0.4 is 9.61 Å². The third-order valence-electron chi connectivity index (χ3n) is 3.83. The quantitative estimate of drug-likeness (QED) is 0.537. The summed E-state index contributed by atoms with van der Waals surface area (Å²) in [5.74, 6) is -1.69. The predicted molar refractivity (Wildman–Crippen MR) is 98.7 cm³/mol. The second-order valence-electron chi connectivity index (χ2n) is 5.77. The van der Waals surface area contributed by atoms with E-state index in [2.05, 4.69) is 5.09 Å². The van der Waals surface area contributed by atoms with Gasteiger partial charge in [0.1, 0.15) is 11.8 Å². The van der Waals surface area contributed by atoms with Crippen molar-refractivity contribution in [2.24, 2.45) is 0 Å². The molecule has 0 aliphatic heterocycles. The van der Waals surface area contributed by atoms with Crippen LogP contribution in [0.3, 0.4) is 0 Å². The second-order valence-corrected chi connectivity index (χ2v) is 8.51. The fraction of sp³-hybridized carbons (Fsp3) is 0.294. The van der Waals surface area contributed by atoms with Crippen molar-refractivity contribution in [3.05, 3.63) is 42.0 Å². The summed E-state index contributed by atoms with van der Waals surface area (Å²) >= 11 is 5.79. The summed E-state index contributed by atoms with van der Waals surface area (Å²) in [5, 5.41) is 12.7. The molecule has 0 spiro atoms. The zero-order chi connectivity index (χ0) is 19.5. The van der Waals surface area contributed by atoms with Gasteiger partial charge in [-0.1, -0.05) is 24.3 Å². The summed E-state index contributed by atoms with van der Waals surface area (Å²) in [6, 6.07) is 9.24. The minimum Gasteiger partial charge on any atom is -0.480 e. The van der Waals surface area contributed by atoms with E-state index in [0.717, 1.165) is 16.3 Å². The van der Waals surface area contributed by atoms with Crippen molar-refractivity contribution in [1.82, 2.24) is 5.09 Å². The Hall–Kier alpha value is -2.08. The molecule has 140 valence electrons. The first kappa shape index (κ1) is 20.2. The molecule has 2 N–H and O–H groups in total. The van der Waals surface area contributed by atoms with Crippen LogP contribution in [-0.4, -0.2) is 30.2 Å². The molecule has 2 rings (SSSR count). The first-order valence-corrected chi connectivity index (χ1v) is 10.3. The van der Waals surface area contributed by atoms with E-state index in [4.69, 9.17) is 25.6 Å². The molecule has 2 aromatic rings.